The minimum atomic E-state index is -0.497. The third-order valence-corrected chi connectivity index (χ3v) is 5.46. The topological polar surface area (TPSA) is 76.4 Å². The van der Waals surface area contributed by atoms with Crippen LogP contribution in [0.2, 0.25) is 5.02 Å². The van der Waals surface area contributed by atoms with Gasteiger partial charge in [-0.2, -0.15) is 4.68 Å². The molecule has 0 N–H and O–H groups in total. The number of anilines is 1. The summed E-state index contributed by atoms with van der Waals surface area (Å²) in [5, 5.41) is 8.96. The van der Waals surface area contributed by atoms with Crippen LogP contribution in [0, 0.1) is 0 Å². The molecule has 0 bridgehead atoms. The van der Waals surface area contributed by atoms with E-state index in [1.54, 1.807) is 9.58 Å². The van der Waals surface area contributed by atoms with Crippen LogP contribution in [-0.4, -0.2) is 62.8 Å². The lowest BCUT2D eigenvalue weighted by Crippen LogP contribution is -2.50. The highest BCUT2D eigenvalue weighted by molar-refractivity contribution is 9.10. The minimum absolute atomic E-state index is 0.277. The van der Waals surface area contributed by atoms with Gasteiger partial charge in [-0.25, -0.2) is 9.78 Å². The van der Waals surface area contributed by atoms with Crippen LogP contribution < -0.4 is 4.90 Å². The molecular formula is C20H22BrClN6O2. The van der Waals surface area contributed by atoms with E-state index in [4.69, 9.17) is 16.3 Å². The van der Waals surface area contributed by atoms with E-state index < -0.39 is 5.60 Å². The Morgan fingerprint density at radius 1 is 1.13 bits per heavy atom. The number of pyridine rings is 1. The SMILES string of the molecule is CC(C)(C)OC(=O)N1CCN(c2ccc(-n3nnc4ccc(Br)nc43)cc2Cl)CC1. The van der Waals surface area contributed by atoms with Gasteiger partial charge in [0.1, 0.15) is 15.7 Å². The predicted octanol–water partition coefficient (Wildman–Crippen LogP) is 4.29. The largest absolute Gasteiger partial charge is 0.444 e. The van der Waals surface area contributed by atoms with E-state index in [1.807, 2.05) is 51.1 Å². The molecule has 0 spiro atoms. The number of fused-ring (bicyclic) bond motifs is 1. The van der Waals surface area contributed by atoms with E-state index in [-0.39, 0.29) is 6.09 Å². The molecule has 1 saturated heterocycles. The smallest absolute Gasteiger partial charge is 0.410 e. The van der Waals surface area contributed by atoms with Crippen LogP contribution in [0.4, 0.5) is 10.5 Å². The lowest BCUT2D eigenvalue weighted by Gasteiger charge is -2.37. The van der Waals surface area contributed by atoms with Gasteiger partial charge in [-0.3, -0.25) is 0 Å². The van der Waals surface area contributed by atoms with Crippen LogP contribution >= 0.6 is 27.5 Å². The first-order valence-electron chi connectivity index (χ1n) is 9.62. The Hall–Kier alpha value is -2.39. The number of amides is 1. The maximum absolute atomic E-state index is 12.3. The number of nitrogens with zero attached hydrogens (tertiary/aromatic N) is 6. The number of carbonyl (C=O) groups excluding carboxylic acids is 1. The number of carbonyl (C=O) groups is 1. The normalized spacial score (nSPS) is 15.0. The lowest BCUT2D eigenvalue weighted by molar-refractivity contribution is 0.0240. The maximum Gasteiger partial charge on any atom is 0.410 e. The second-order valence-electron chi connectivity index (χ2n) is 8.07. The number of benzene rings is 1. The fraction of sp³-hybridized carbons (Fsp3) is 0.400. The van der Waals surface area contributed by atoms with Crippen LogP contribution in [0.25, 0.3) is 16.9 Å². The van der Waals surface area contributed by atoms with Gasteiger partial charge in [0, 0.05) is 26.2 Å². The molecule has 3 aromatic rings. The van der Waals surface area contributed by atoms with Crippen molar-refractivity contribution in [3.63, 3.8) is 0 Å². The summed E-state index contributed by atoms with van der Waals surface area (Å²) in [6.45, 7) is 8.13. The van der Waals surface area contributed by atoms with Crippen molar-refractivity contribution < 1.29 is 9.53 Å². The molecule has 1 amide bonds. The molecule has 30 heavy (non-hydrogen) atoms. The first-order valence-corrected chi connectivity index (χ1v) is 10.8. The molecule has 0 aliphatic carbocycles. The first kappa shape index (κ1) is 20.9. The molecule has 1 aliphatic heterocycles. The Morgan fingerprint density at radius 2 is 1.87 bits per heavy atom. The lowest BCUT2D eigenvalue weighted by atomic mass is 10.2. The van der Waals surface area contributed by atoms with Crippen molar-refractivity contribution in [2.45, 2.75) is 26.4 Å². The molecule has 1 aromatic carbocycles. The molecule has 0 unspecified atom stereocenters. The highest BCUT2D eigenvalue weighted by atomic mass is 79.9. The monoisotopic (exact) mass is 492 g/mol. The van der Waals surface area contributed by atoms with Gasteiger partial charge in [0.25, 0.3) is 0 Å². The van der Waals surface area contributed by atoms with Crippen LogP contribution in [0.1, 0.15) is 20.8 Å². The van der Waals surface area contributed by atoms with E-state index >= 15 is 0 Å². The maximum atomic E-state index is 12.3. The van der Waals surface area contributed by atoms with Crippen molar-refractivity contribution >= 4 is 50.5 Å². The third-order valence-electron chi connectivity index (χ3n) is 4.71. The summed E-state index contributed by atoms with van der Waals surface area (Å²) in [5.74, 6) is 0. The van der Waals surface area contributed by atoms with E-state index in [0.717, 1.165) is 11.4 Å². The van der Waals surface area contributed by atoms with Crippen molar-refractivity contribution in [3.8, 4) is 5.69 Å². The summed E-state index contributed by atoms with van der Waals surface area (Å²) in [6, 6.07) is 9.45. The van der Waals surface area contributed by atoms with Crippen molar-refractivity contribution in [2.75, 3.05) is 31.1 Å². The molecule has 2 aromatic heterocycles. The van der Waals surface area contributed by atoms with E-state index in [1.165, 1.54) is 0 Å². The summed E-state index contributed by atoms with van der Waals surface area (Å²) in [4.78, 5) is 20.6. The molecule has 3 heterocycles. The molecule has 8 nitrogen and oxygen atoms in total. The number of piperazine rings is 1. The van der Waals surface area contributed by atoms with Crippen molar-refractivity contribution in [1.29, 1.82) is 0 Å². The van der Waals surface area contributed by atoms with E-state index in [2.05, 4.69) is 36.1 Å². The predicted molar refractivity (Wildman–Crippen MR) is 119 cm³/mol. The third kappa shape index (κ3) is 4.37. The summed E-state index contributed by atoms with van der Waals surface area (Å²) in [6.07, 6.45) is -0.277. The molecule has 0 atom stereocenters. The highest BCUT2D eigenvalue weighted by Gasteiger charge is 2.26. The summed E-state index contributed by atoms with van der Waals surface area (Å²) in [7, 11) is 0. The molecule has 158 valence electrons. The average Bonchev–Trinajstić information content (AvgIpc) is 3.10. The molecule has 1 fully saturated rings. The van der Waals surface area contributed by atoms with Gasteiger partial charge in [-0.15, -0.1) is 5.10 Å². The number of rotatable bonds is 2. The molecule has 0 saturated carbocycles. The van der Waals surface area contributed by atoms with Crippen LogP contribution in [0.5, 0.6) is 0 Å². The number of aromatic nitrogens is 4. The van der Waals surface area contributed by atoms with Gasteiger partial charge in [0.05, 0.1) is 16.4 Å². The second-order valence-corrected chi connectivity index (χ2v) is 9.29. The van der Waals surface area contributed by atoms with Gasteiger partial charge in [0.2, 0.25) is 0 Å². The van der Waals surface area contributed by atoms with E-state index in [0.29, 0.717) is 47.0 Å². The van der Waals surface area contributed by atoms with Crippen LogP contribution in [-0.2, 0) is 4.74 Å². The Kier molecular flexibility index (Phi) is 5.59. The zero-order chi connectivity index (χ0) is 21.5. The number of hydrogen-bond donors (Lipinski definition) is 0. The fourth-order valence-corrected chi connectivity index (χ4v) is 3.90. The van der Waals surface area contributed by atoms with Crippen LogP contribution in [0.15, 0.2) is 34.9 Å². The highest BCUT2D eigenvalue weighted by Crippen LogP contribution is 2.30. The van der Waals surface area contributed by atoms with Gasteiger partial charge in [-0.05, 0) is 67.0 Å². The summed E-state index contributed by atoms with van der Waals surface area (Å²) in [5.41, 5.74) is 2.56. The number of halogens is 2. The van der Waals surface area contributed by atoms with Gasteiger partial charge >= 0.3 is 6.09 Å². The summed E-state index contributed by atoms with van der Waals surface area (Å²) >= 11 is 9.99. The Balaban J connectivity index is 1.49. The molecule has 0 radical (unpaired) electrons. The van der Waals surface area contributed by atoms with Gasteiger partial charge in [-0.1, -0.05) is 16.8 Å². The van der Waals surface area contributed by atoms with E-state index in [9.17, 15) is 4.79 Å². The summed E-state index contributed by atoms with van der Waals surface area (Å²) < 4.78 is 7.84. The zero-order valence-corrected chi connectivity index (χ0v) is 19.3. The minimum Gasteiger partial charge on any atom is -0.444 e. The van der Waals surface area contributed by atoms with Crippen molar-refractivity contribution in [1.82, 2.24) is 24.9 Å². The van der Waals surface area contributed by atoms with Gasteiger partial charge in [0.15, 0.2) is 5.65 Å². The molecule has 4 rings (SSSR count). The standard InChI is InChI=1S/C20H22BrClN6O2/c1-20(2,3)30-19(29)27-10-8-26(9-11-27)16-6-4-13(12-14(16)22)28-18-15(24-25-28)5-7-17(21)23-18/h4-7,12H,8-11H2,1-3H3. The number of hydrogen-bond acceptors (Lipinski definition) is 6. The second kappa shape index (κ2) is 8.03. The van der Waals surface area contributed by atoms with Crippen molar-refractivity contribution in [2.24, 2.45) is 0 Å². The fourth-order valence-electron chi connectivity index (χ4n) is 3.30. The van der Waals surface area contributed by atoms with Crippen LogP contribution in [0.3, 0.4) is 0 Å². The quantitative estimate of drug-likeness (QED) is 0.496. The molecule has 10 heteroatoms. The Bertz CT molecular complexity index is 1090. The Morgan fingerprint density at radius 3 is 2.53 bits per heavy atom. The zero-order valence-electron chi connectivity index (χ0n) is 17.0. The average molecular weight is 494 g/mol. The van der Waals surface area contributed by atoms with Gasteiger partial charge < -0.3 is 14.5 Å². The van der Waals surface area contributed by atoms with Crippen molar-refractivity contribution in [3.05, 3.63) is 40.0 Å². The Labute approximate surface area is 187 Å². The number of ether oxygens (including phenoxy) is 1. The first-order chi connectivity index (χ1) is 14.2. The molecule has 1 aliphatic rings. The molecular weight excluding hydrogens is 472 g/mol.